The molecule has 4 rings (SSSR count). The highest BCUT2D eigenvalue weighted by Gasteiger charge is 2.22. The Hall–Kier alpha value is -3.94. The second-order valence-corrected chi connectivity index (χ2v) is 6.69. The summed E-state index contributed by atoms with van der Waals surface area (Å²) in [5.74, 6) is 0.0967. The summed E-state index contributed by atoms with van der Waals surface area (Å²) in [6.45, 7) is 4.10. The smallest absolute Gasteiger partial charge is 0.293 e. The molecule has 0 unspecified atom stereocenters. The van der Waals surface area contributed by atoms with Gasteiger partial charge in [-0.1, -0.05) is 41.1 Å². The van der Waals surface area contributed by atoms with Crippen LogP contribution in [0.25, 0.3) is 5.52 Å². The van der Waals surface area contributed by atoms with E-state index in [1.54, 1.807) is 41.8 Å². The van der Waals surface area contributed by atoms with Gasteiger partial charge in [-0.05, 0) is 31.5 Å². The number of hydrogen-bond acceptors (Lipinski definition) is 5. The Balaban J connectivity index is 1.58. The third kappa shape index (κ3) is 3.86. The van der Waals surface area contributed by atoms with E-state index in [1.807, 2.05) is 31.2 Å². The summed E-state index contributed by atoms with van der Waals surface area (Å²) >= 11 is 0. The Morgan fingerprint density at radius 1 is 1.07 bits per heavy atom. The predicted octanol–water partition coefficient (Wildman–Crippen LogP) is 3.12. The summed E-state index contributed by atoms with van der Waals surface area (Å²) in [5.41, 5.74) is 2.85. The Kier molecular flexibility index (Phi) is 4.82. The van der Waals surface area contributed by atoms with E-state index in [0.717, 1.165) is 11.1 Å². The van der Waals surface area contributed by atoms with Crippen molar-refractivity contribution in [1.82, 2.24) is 19.9 Å². The van der Waals surface area contributed by atoms with E-state index < -0.39 is 5.91 Å². The number of imidazole rings is 1. The van der Waals surface area contributed by atoms with E-state index >= 15 is 0 Å². The molecule has 0 saturated heterocycles. The fraction of sp³-hybridized carbons (Fsp3) is 0.143. The number of carbonyl (C=O) groups excluding carboxylic acids is 2. The maximum Gasteiger partial charge on any atom is 0.293 e. The Labute approximate surface area is 166 Å². The minimum atomic E-state index is -0.489. The van der Waals surface area contributed by atoms with E-state index in [9.17, 15) is 9.59 Å². The number of anilines is 1. The molecule has 3 heterocycles. The normalized spacial score (nSPS) is 10.8. The first kappa shape index (κ1) is 18.4. The maximum absolute atomic E-state index is 12.8. The first-order valence-electron chi connectivity index (χ1n) is 9.07. The lowest BCUT2D eigenvalue weighted by atomic mass is 10.1. The molecular weight excluding hydrogens is 370 g/mol. The molecule has 0 bridgehead atoms. The Bertz CT molecular complexity index is 1190. The minimum absolute atomic E-state index is 0.0849. The summed E-state index contributed by atoms with van der Waals surface area (Å²) in [7, 11) is 0. The number of benzene rings is 1. The number of hydrogen-bond donors (Lipinski definition) is 2. The second-order valence-electron chi connectivity index (χ2n) is 6.69. The topological polar surface area (TPSA) is 102 Å². The highest BCUT2D eigenvalue weighted by atomic mass is 16.5. The standard InChI is InChI=1S/C21H19N5O3/c1-13-6-8-15(9-7-13)12-22-20(27)18-16-5-3-4-10-26(16)19(24-18)21(28)23-17-11-14(2)29-25-17/h3-11H,12H2,1-2H3,(H,22,27)(H,23,25,28). The van der Waals surface area contributed by atoms with Crippen molar-refractivity contribution in [2.45, 2.75) is 20.4 Å². The summed E-state index contributed by atoms with van der Waals surface area (Å²) in [5, 5.41) is 9.24. The molecule has 0 aliphatic rings. The number of aromatic nitrogens is 3. The van der Waals surface area contributed by atoms with E-state index in [1.165, 1.54) is 0 Å². The van der Waals surface area contributed by atoms with Crippen molar-refractivity contribution in [1.29, 1.82) is 0 Å². The molecule has 0 radical (unpaired) electrons. The molecule has 0 saturated carbocycles. The number of carbonyl (C=O) groups is 2. The highest BCUT2D eigenvalue weighted by molar-refractivity contribution is 6.05. The molecule has 2 N–H and O–H groups in total. The molecule has 8 heteroatoms. The molecule has 29 heavy (non-hydrogen) atoms. The molecule has 0 fully saturated rings. The molecule has 0 spiro atoms. The van der Waals surface area contributed by atoms with Gasteiger partial charge in [-0.2, -0.15) is 0 Å². The van der Waals surface area contributed by atoms with E-state index in [2.05, 4.69) is 20.8 Å². The largest absolute Gasteiger partial charge is 0.360 e. The van der Waals surface area contributed by atoms with Gasteiger partial charge in [-0.3, -0.25) is 14.0 Å². The lowest BCUT2D eigenvalue weighted by Gasteiger charge is -2.04. The van der Waals surface area contributed by atoms with Crippen LogP contribution < -0.4 is 10.6 Å². The molecule has 3 aromatic heterocycles. The number of aryl methyl sites for hydroxylation is 2. The van der Waals surface area contributed by atoms with Gasteiger partial charge >= 0.3 is 0 Å². The molecule has 0 aliphatic carbocycles. The third-order valence-corrected chi connectivity index (χ3v) is 4.41. The van der Waals surface area contributed by atoms with Crippen LogP contribution in [0.15, 0.2) is 59.3 Å². The zero-order chi connectivity index (χ0) is 20.4. The lowest BCUT2D eigenvalue weighted by Crippen LogP contribution is -2.23. The lowest BCUT2D eigenvalue weighted by molar-refractivity contribution is 0.0948. The predicted molar refractivity (Wildman–Crippen MR) is 107 cm³/mol. The van der Waals surface area contributed by atoms with Crippen LogP contribution >= 0.6 is 0 Å². The summed E-state index contributed by atoms with van der Waals surface area (Å²) in [6.07, 6.45) is 1.68. The Morgan fingerprint density at radius 2 is 1.86 bits per heavy atom. The average Bonchev–Trinajstić information content (AvgIpc) is 3.31. The van der Waals surface area contributed by atoms with Gasteiger partial charge in [0.25, 0.3) is 11.8 Å². The maximum atomic E-state index is 12.8. The van der Waals surface area contributed by atoms with Crippen LogP contribution in [0.5, 0.6) is 0 Å². The van der Waals surface area contributed by atoms with Gasteiger partial charge in [0.1, 0.15) is 5.76 Å². The summed E-state index contributed by atoms with van der Waals surface area (Å²) in [4.78, 5) is 29.7. The van der Waals surface area contributed by atoms with Crippen molar-refractivity contribution in [3.8, 4) is 0 Å². The molecule has 8 nitrogen and oxygen atoms in total. The molecule has 0 atom stereocenters. The Morgan fingerprint density at radius 3 is 2.59 bits per heavy atom. The van der Waals surface area contributed by atoms with Crippen molar-refractivity contribution < 1.29 is 14.1 Å². The van der Waals surface area contributed by atoms with Gasteiger partial charge in [-0.15, -0.1) is 0 Å². The van der Waals surface area contributed by atoms with E-state index in [-0.39, 0.29) is 23.2 Å². The van der Waals surface area contributed by atoms with E-state index in [0.29, 0.717) is 17.8 Å². The van der Waals surface area contributed by atoms with Crippen LogP contribution in [0, 0.1) is 13.8 Å². The number of amides is 2. The molecule has 0 aliphatic heterocycles. The van der Waals surface area contributed by atoms with Crippen LogP contribution in [0.3, 0.4) is 0 Å². The number of nitrogens with zero attached hydrogens (tertiary/aromatic N) is 3. The zero-order valence-electron chi connectivity index (χ0n) is 16.0. The summed E-state index contributed by atoms with van der Waals surface area (Å²) in [6, 6.07) is 14.8. The van der Waals surface area contributed by atoms with Gasteiger partial charge in [-0.25, -0.2) is 4.98 Å². The van der Waals surface area contributed by atoms with Crippen molar-refractivity contribution in [2.75, 3.05) is 5.32 Å². The van der Waals surface area contributed by atoms with Gasteiger partial charge in [0.15, 0.2) is 11.5 Å². The second kappa shape index (κ2) is 7.59. The van der Waals surface area contributed by atoms with E-state index in [4.69, 9.17) is 4.52 Å². The van der Waals surface area contributed by atoms with Crippen molar-refractivity contribution in [3.63, 3.8) is 0 Å². The van der Waals surface area contributed by atoms with Crippen LogP contribution in [0.1, 0.15) is 38.0 Å². The van der Waals surface area contributed by atoms with Gasteiger partial charge in [0.05, 0.1) is 5.52 Å². The zero-order valence-corrected chi connectivity index (χ0v) is 16.0. The summed E-state index contributed by atoms with van der Waals surface area (Å²) < 4.78 is 6.53. The molecule has 2 amide bonds. The van der Waals surface area contributed by atoms with Crippen molar-refractivity contribution >= 4 is 23.1 Å². The van der Waals surface area contributed by atoms with Gasteiger partial charge in [0.2, 0.25) is 5.82 Å². The number of fused-ring (bicyclic) bond motifs is 1. The number of rotatable bonds is 5. The average molecular weight is 389 g/mol. The highest BCUT2D eigenvalue weighted by Crippen LogP contribution is 2.16. The third-order valence-electron chi connectivity index (χ3n) is 4.41. The molecule has 146 valence electrons. The van der Waals surface area contributed by atoms with Crippen LogP contribution in [-0.2, 0) is 6.54 Å². The van der Waals surface area contributed by atoms with Crippen LogP contribution in [-0.4, -0.2) is 26.4 Å². The number of nitrogens with one attached hydrogen (secondary N) is 2. The number of pyridine rings is 1. The SMILES string of the molecule is Cc1ccc(CNC(=O)c2nc(C(=O)Nc3cc(C)on3)n3ccccc23)cc1. The molecule has 4 aromatic rings. The molecule has 1 aromatic carbocycles. The molecular formula is C21H19N5O3. The van der Waals surface area contributed by atoms with Crippen molar-refractivity contribution in [3.05, 3.63) is 83.1 Å². The van der Waals surface area contributed by atoms with Crippen molar-refractivity contribution in [2.24, 2.45) is 0 Å². The quantitative estimate of drug-likeness (QED) is 0.546. The fourth-order valence-electron chi connectivity index (χ4n) is 2.93. The first-order valence-corrected chi connectivity index (χ1v) is 9.07. The fourth-order valence-corrected chi connectivity index (χ4v) is 2.93. The monoisotopic (exact) mass is 389 g/mol. The first-order chi connectivity index (χ1) is 14.0. The van der Waals surface area contributed by atoms with Crippen LogP contribution in [0.2, 0.25) is 0 Å². The van der Waals surface area contributed by atoms with Gasteiger partial charge < -0.3 is 15.2 Å². The minimum Gasteiger partial charge on any atom is -0.360 e. The van der Waals surface area contributed by atoms with Crippen LogP contribution in [0.4, 0.5) is 5.82 Å². The van der Waals surface area contributed by atoms with Gasteiger partial charge in [0, 0.05) is 18.8 Å².